The third kappa shape index (κ3) is 6.31. The Balaban J connectivity index is 1.98. The van der Waals surface area contributed by atoms with E-state index in [9.17, 15) is 10.2 Å². The second kappa shape index (κ2) is 10.4. The minimum atomic E-state index is -0.949. The van der Waals surface area contributed by atoms with Crippen molar-refractivity contribution in [3.05, 3.63) is 65.9 Å². The van der Waals surface area contributed by atoms with Gasteiger partial charge >= 0.3 is 0 Å². The molecule has 0 aromatic heterocycles. The van der Waals surface area contributed by atoms with Gasteiger partial charge in [0.15, 0.2) is 0 Å². The zero-order valence-electron chi connectivity index (χ0n) is 14.9. The Morgan fingerprint density at radius 3 is 2.07 bits per heavy atom. The highest BCUT2D eigenvalue weighted by Crippen LogP contribution is 2.25. The van der Waals surface area contributed by atoms with Crippen molar-refractivity contribution >= 4 is 32.5 Å². The summed E-state index contributed by atoms with van der Waals surface area (Å²) < 4.78 is 7.52. The number of aryl methyl sites for hydroxylation is 1. The molecule has 2 aromatic carbocycles. The van der Waals surface area contributed by atoms with E-state index in [1.807, 2.05) is 71.1 Å². The van der Waals surface area contributed by atoms with Gasteiger partial charge in [0, 0.05) is 11.8 Å². The summed E-state index contributed by atoms with van der Waals surface area (Å²) in [5, 5.41) is 18.5. The topological polar surface area (TPSA) is 114 Å². The molecule has 6 nitrogen and oxygen atoms in total. The van der Waals surface area contributed by atoms with Gasteiger partial charge in [0.25, 0.3) is 0 Å². The van der Waals surface area contributed by atoms with Gasteiger partial charge in [-0.2, -0.15) is 0 Å². The summed E-state index contributed by atoms with van der Waals surface area (Å²) in [6.07, 6.45) is 2.63. The molecule has 0 fully saturated rings. The minimum Gasteiger partial charge on any atom is -0.457 e. The molecule has 7 heteroatoms. The summed E-state index contributed by atoms with van der Waals surface area (Å²) in [6.45, 7) is -0.490. The van der Waals surface area contributed by atoms with Crippen LogP contribution in [0, 0.1) is 0 Å². The van der Waals surface area contributed by atoms with Crippen molar-refractivity contribution in [2.75, 3.05) is 13.2 Å². The molecule has 27 heavy (non-hydrogen) atoms. The van der Waals surface area contributed by atoms with Crippen molar-refractivity contribution in [1.29, 1.82) is 0 Å². The maximum atomic E-state index is 9.25. The lowest BCUT2D eigenvalue weighted by Gasteiger charge is -2.24. The van der Waals surface area contributed by atoms with Crippen LogP contribution in [0.1, 0.15) is 17.5 Å². The zero-order valence-corrected chi connectivity index (χ0v) is 17.0. The third-order valence-corrected chi connectivity index (χ3v) is 4.47. The molecule has 0 saturated heterocycles. The molecule has 6 N–H and O–H groups in total. The molecule has 0 heterocycles. The van der Waals surface area contributed by atoms with Crippen LogP contribution < -0.4 is 16.2 Å². The standard InChI is InChI=1S/C20H24IN3O3/c21-14-24-19(11-22)16-3-7-18(8-4-16)27-17-5-1-15(2-6-17)9-10-20(23,12-25)13-26/h1-8,11,14,25-26H,9-10,12-13,22-23H2/b19-11-,24-14?. The van der Waals surface area contributed by atoms with Crippen molar-refractivity contribution in [2.24, 2.45) is 16.5 Å². The Labute approximate surface area is 172 Å². The summed E-state index contributed by atoms with van der Waals surface area (Å²) in [4.78, 5) is 4.20. The number of benzene rings is 2. The third-order valence-electron chi connectivity index (χ3n) is 4.20. The maximum Gasteiger partial charge on any atom is 0.127 e. The van der Waals surface area contributed by atoms with Crippen molar-refractivity contribution in [1.82, 2.24) is 0 Å². The normalized spacial score (nSPS) is 12.5. The molecule has 0 aliphatic rings. The molecule has 0 radical (unpaired) electrons. The Morgan fingerprint density at radius 2 is 1.59 bits per heavy atom. The molecule has 0 saturated carbocycles. The summed E-state index contributed by atoms with van der Waals surface area (Å²) in [5.74, 6) is 1.43. The fraction of sp³-hybridized carbons (Fsp3) is 0.250. The van der Waals surface area contributed by atoms with Crippen molar-refractivity contribution in [3.8, 4) is 11.5 Å². The Kier molecular flexibility index (Phi) is 8.23. The van der Waals surface area contributed by atoms with Crippen LogP contribution in [0.2, 0.25) is 0 Å². The largest absolute Gasteiger partial charge is 0.457 e. The quantitative estimate of drug-likeness (QED) is 0.325. The number of hydrogen-bond donors (Lipinski definition) is 4. The van der Waals surface area contributed by atoms with E-state index < -0.39 is 5.54 Å². The molecule has 2 rings (SSSR count). The molecule has 2 aromatic rings. The van der Waals surface area contributed by atoms with Crippen molar-refractivity contribution in [3.63, 3.8) is 0 Å². The summed E-state index contributed by atoms with van der Waals surface area (Å²) in [6, 6.07) is 15.2. The van der Waals surface area contributed by atoms with Crippen LogP contribution in [-0.2, 0) is 6.42 Å². The average molecular weight is 481 g/mol. The zero-order chi connectivity index (χ0) is 19.7. The van der Waals surface area contributed by atoms with Crippen LogP contribution in [-0.4, -0.2) is 33.2 Å². The van der Waals surface area contributed by atoms with Gasteiger partial charge in [0.2, 0.25) is 0 Å². The van der Waals surface area contributed by atoms with E-state index in [-0.39, 0.29) is 13.2 Å². The number of hydrogen-bond acceptors (Lipinski definition) is 6. The van der Waals surface area contributed by atoms with Crippen molar-refractivity contribution < 1.29 is 14.9 Å². The molecule has 144 valence electrons. The minimum absolute atomic E-state index is 0.245. The predicted octanol–water partition coefficient (Wildman–Crippen LogP) is 2.81. The van der Waals surface area contributed by atoms with Gasteiger partial charge in [-0.15, -0.1) is 0 Å². The second-order valence-electron chi connectivity index (χ2n) is 6.23. The molecule has 0 amide bonds. The van der Waals surface area contributed by atoms with Gasteiger partial charge in [-0.3, -0.25) is 0 Å². The van der Waals surface area contributed by atoms with E-state index in [0.29, 0.717) is 24.3 Å². The Morgan fingerprint density at radius 1 is 1.04 bits per heavy atom. The van der Waals surface area contributed by atoms with E-state index in [1.54, 1.807) is 4.22 Å². The van der Waals surface area contributed by atoms with Crippen molar-refractivity contribution in [2.45, 2.75) is 18.4 Å². The lowest BCUT2D eigenvalue weighted by molar-refractivity contribution is 0.115. The van der Waals surface area contributed by atoms with E-state index in [0.717, 1.165) is 16.9 Å². The van der Waals surface area contributed by atoms with Gasteiger partial charge in [-0.1, -0.05) is 12.1 Å². The Hall–Kier alpha value is -1.94. The number of halogens is 1. The smallest absolute Gasteiger partial charge is 0.127 e. The summed E-state index contributed by atoms with van der Waals surface area (Å²) in [5.41, 5.74) is 13.2. The molecule has 0 bridgehead atoms. The van der Waals surface area contributed by atoms with Crippen LogP contribution >= 0.6 is 22.6 Å². The number of nitrogens with two attached hydrogens (primary N) is 2. The molecule has 0 aliphatic heterocycles. The van der Waals surface area contributed by atoms with Gasteiger partial charge in [-0.05, 0) is 77.4 Å². The van der Waals surface area contributed by atoms with E-state index in [2.05, 4.69) is 4.99 Å². The molecular weight excluding hydrogens is 457 g/mol. The SMILES string of the molecule is N/C=C(\N=CI)c1ccc(Oc2ccc(CCC(N)(CO)CO)cc2)cc1. The van der Waals surface area contributed by atoms with Gasteiger partial charge in [-0.25, -0.2) is 4.99 Å². The van der Waals surface area contributed by atoms with Crippen LogP contribution in [0.4, 0.5) is 0 Å². The van der Waals surface area contributed by atoms with Crippen LogP contribution in [0.3, 0.4) is 0 Å². The summed E-state index contributed by atoms with van der Waals surface area (Å²) in [7, 11) is 0. The number of aliphatic hydroxyl groups excluding tert-OH is 2. The van der Waals surface area contributed by atoms with Crippen LogP contribution in [0.15, 0.2) is 59.7 Å². The Bertz CT molecular complexity index is 770. The fourth-order valence-electron chi connectivity index (χ4n) is 2.42. The van der Waals surface area contributed by atoms with E-state index in [4.69, 9.17) is 16.2 Å². The highest BCUT2D eigenvalue weighted by atomic mass is 127. The molecule has 0 spiro atoms. The number of aliphatic hydroxyl groups is 2. The van der Waals surface area contributed by atoms with Gasteiger partial charge < -0.3 is 26.4 Å². The number of rotatable bonds is 9. The first-order valence-electron chi connectivity index (χ1n) is 8.46. The monoisotopic (exact) mass is 481 g/mol. The number of nitrogens with zero attached hydrogens (tertiary/aromatic N) is 1. The van der Waals surface area contributed by atoms with Crippen LogP contribution in [0.25, 0.3) is 5.70 Å². The molecule has 0 aliphatic carbocycles. The highest BCUT2D eigenvalue weighted by Gasteiger charge is 2.22. The number of aliphatic imine (C=N–C) groups is 1. The van der Waals surface area contributed by atoms with E-state index >= 15 is 0 Å². The first-order valence-corrected chi connectivity index (χ1v) is 9.70. The molecule has 0 atom stereocenters. The van der Waals surface area contributed by atoms with Gasteiger partial charge in [0.05, 0.1) is 28.7 Å². The average Bonchev–Trinajstić information content (AvgIpc) is 2.72. The first kappa shape index (κ1) is 21.4. The lowest BCUT2D eigenvalue weighted by atomic mass is 9.94. The fourth-order valence-corrected chi connectivity index (χ4v) is 2.72. The number of ether oxygens (including phenoxy) is 1. The van der Waals surface area contributed by atoms with Gasteiger partial charge in [0.1, 0.15) is 11.5 Å². The first-order chi connectivity index (χ1) is 13.0. The molecular formula is C20H24IN3O3. The second-order valence-corrected chi connectivity index (χ2v) is 6.78. The van der Waals surface area contributed by atoms with Crippen LogP contribution in [0.5, 0.6) is 11.5 Å². The van der Waals surface area contributed by atoms with E-state index in [1.165, 1.54) is 6.20 Å². The predicted molar refractivity (Wildman–Crippen MR) is 117 cm³/mol. The lowest BCUT2D eigenvalue weighted by Crippen LogP contribution is -2.47. The maximum absolute atomic E-state index is 9.25. The highest BCUT2D eigenvalue weighted by molar-refractivity contribution is 14.1. The summed E-state index contributed by atoms with van der Waals surface area (Å²) >= 11 is 2.05. The molecule has 0 unspecified atom stereocenters.